The normalized spacial score (nSPS) is 10.8. The molecule has 4 rings (SSSR count). The fourth-order valence-corrected chi connectivity index (χ4v) is 3.26. The zero-order valence-corrected chi connectivity index (χ0v) is 15.8. The van der Waals surface area contributed by atoms with Crippen LogP contribution in [0.5, 0.6) is 0 Å². The van der Waals surface area contributed by atoms with E-state index < -0.39 is 11.9 Å². The Morgan fingerprint density at radius 3 is 2.17 bits per heavy atom. The number of nitrogen functional groups attached to an aromatic ring is 1. The molecule has 0 aliphatic heterocycles. The van der Waals surface area contributed by atoms with E-state index >= 15 is 0 Å². The minimum Gasteiger partial charge on any atom is -0.464 e. The molecule has 4 aromatic rings. The van der Waals surface area contributed by atoms with Crippen molar-refractivity contribution >= 4 is 39.4 Å². The lowest BCUT2D eigenvalue weighted by Crippen LogP contribution is -2.07. The van der Waals surface area contributed by atoms with Crippen LogP contribution in [0.1, 0.15) is 21.0 Å². The molecule has 2 N–H and O–H groups in total. The number of para-hydroxylation sites is 1. The van der Waals surface area contributed by atoms with Gasteiger partial charge in [-0.25, -0.2) is 19.6 Å². The number of esters is 2. The molecular formula is C22H17N3O4. The molecule has 0 amide bonds. The number of nitrogens with two attached hydrogens (primary N) is 1. The van der Waals surface area contributed by atoms with Gasteiger partial charge in [0.1, 0.15) is 11.4 Å². The van der Waals surface area contributed by atoms with Gasteiger partial charge in [0.2, 0.25) is 0 Å². The summed E-state index contributed by atoms with van der Waals surface area (Å²) in [6.07, 6.45) is 0. The van der Waals surface area contributed by atoms with Crippen molar-refractivity contribution in [3.8, 4) is 11.1 Å². The topological polar surface area (TPSA) is 104 Å². The van der Waals surface area contributed by atoms with Gasteiger partial charge in [-0.1, -0.05) is 36.4 Å². The molecule has 7 nitrogen and oxygen atoms in total. The lowest BCUT2D eigenvalue weighted by molar-refractivity contribution is 0.0585. The fraction of sp³-hybridized carbons (Fsp3) is 0.0909. The van der Waals surface area contributed by atoms with E-state index in [9.17, 15) is 9.59 Å². The van der Waals surface area contributed by atoms with Crippen LogP contribution in [-0.4, -0.2) is 36.1 Å². The van der Waals surface area contributed by atoms with Gasteiger partial charge in [0, 0.05) is 22.0 Å². The van der Waals surface area contributed by atoms with Gasteiger partial charge in [0.05, 0.1) is 25.3 Å². The number of anilines is 1. The molecule has 0 spiro atoms. The summed E-state index contributed by atoms with van der Waals surface area (Å²) < 4.78 is 9.64. The van der Waals surface area contributed by atoms with Crippen LogP contribution < -0.4 is 5.73 Å². The third-order valence-corrected chi connectivity index (χ3v) is 4.68. The summed E-state index contributed by atoms with van der Waals surface area (Å²) in [5, 5.41) is 1.52. The second-order valence-corrected chi connectivity index (χ2v) is 6.36. The highest BCUT2D eigenvalue weighted by Gasteiger charge is 2.18. The molecule has 144 valence electrons. The molecular weight excluding hydrogens is 370 g/mol. The van der Waals surface area contributed by atoms with Crippen molar-refractivity contribution in [3.05, 3.63) is 66.0 Å². The van der Waals surface area contributed by atoms with Crippen LogP contribution in [0.25, 0.3) is 32.9 Å². The summed E-state index contributed by atoms with van der Waals surface area (Å²) in [6.45, 7) is 0. The van der Waals surface area contributed by atoms with Gasteiger partial charge in [0.25, 0.3) is 0 Å². The van der Waals surface area contributed by atoms with Crippen molar-refractivity contribution in [2.45, 2.75) is 0 Å². The average Bonchev–Trinajstić information content (AvgIpc) is 2.77. The van der Waals surface area contributed by atoms with Crippen LogP contribution in [-0.2, 0) is 9.47 Å². The predicted molar refractivity (Wildman–Crippen MR) is 110 cm³/mol. The Morgan fingerprint density at radius 1 is 0.793 bits per heavy atom. The predicted octanol–water partition coefficient (Wildman–Crippen LogP) is 3.61. The third-order valence-electron chi connectivity index (χ3n) is 4.68. The van der Waals surface area contributed by atoms with Crippen molar-refractivity contribution in [1.29, 1.82) is 0 Å². The number of carbonyl (C=O) groups excluding carboxylic acids is 2. The van der Waals surface area contributed by atoms with Crippen molar-refractivity contribution in [2.24, 2.45) is 0 Å². The van der Waals surface area contributed by atoms with Crippen molar-refractivity contribution in [1.82, 2.24) is 9.97 Å². The molecule has 0 atom stereocenters. The molecule has 0 saturated heterocycles. The number of nitrogens with zero attached hydrogens (tertiary/aromatic N) is 2. The number of hydrogen-bond acceptors (Lipinski definition) is 7. The molecule has 0 aliphatic rings. The third kappa shape index (κ3) is 3.12. The van der Waals surface area contributed by atoms with Gasteiger partial charge < -0.3 is 15.2 Å². The van der Waals surface area contributed by atoms with Crippen LogP contribution in [0.2, 0.25) is 0 Å². The number of hydrogen-bond donors (Lipinski definition) is 1. The molecule has 7 heteroatoms. The minimum atomic E-state index is -0.580. The van der Waals surface area contributed by atoms with Crippen LogP contribution in [0.3, 0.4) is 0 Å². The van der Waals surface area contributed by atoms with E-state index in [0.29, 0.717) is 16.7 Å². The number of fused-ring (bicyclic) bond motifs is 3. The number of rotatable bonds is 3. The summed E-state index contributed by atoms with van der Waals surface area (Å²) in [5.41, 5.74) is 9.44. The second kappa shape index (κ2) is 7.20. The average molecular weight is 387 g/mol. The van der Waals surface area contributed by atoms with Crippen molar-refractivity contribution in [2.75, 3.05) is 20.0 Å². The van der Waals surface area contributed by atoms with Gasteiger partial charge in [-0.3, -0.25) is 0 Å². The van der Waals surface area contributed by atoms with Gasteiger partial charge in [-0.15, -0.1) is 0 Å². The van der Waals surface area contributed by atoms with Gasteiger partial charge in [-0.05, 0) is 23.8 Å². The zero-order valence-electron chi connectivity index (χ0n) is 15.8. The second-order valence-electron chi connectivity index (χ2n) is 6.36. The first kappa shape index (κ1) is 18.4. The largest absolute Gasteiger partial charge is 0.464 e. The van der Waals surface area contributed by atoms with Gasteiger partial charge in [0.15, 0.2) is 0 Å². The Kier molecular flexibility index (Phi) is 4.56. The van der Waals surface area contributed by atoms with E-state index in [2.05, 4.69) is 9.97 Å². The Morgan fingerprint density at radius 2 is 1.45 bits per heavy atom. The summed E-state index contributed by atoms with van der Waals surface area (Å²) in [5.74, 6) is -1.13. The maximum absolute atomic E-state index is 12.3. The number of pyridine rings is 2. The highest BCUT2D eigenvalue weighted by atomic mass is 16.5. The molecule has 0 unspecified atom stereocenters. The van der Waals surface area contributed by atoms with Crippen LogP contribution >= 0.6 is 0 Å². The van der Waals surface area contributed by atoms with E-state index in [0.717, 1.165) is 21.9 Å². The molecule has 0 bridgehead atoms. The molecule has 2 aromatic carbocycles. The molecule has 0 aliphatic carbocycles. The standard InChI is InChI=1S/C22H17N3O4/c1-28-21(26)17-10-8-12-7-9-14-15(13-5-3-4-6-16(13)23)11-18(22(27)29-2)25-20(14)19(12)24-17/h3-11H,23H2,1-2H3. The maximum atomic E-state index is 12.3. The summed E-state index contributed by atoms with van der Waals surface area (Å²) in [6, 6.07) is 16.1. The lowest BCUT2D eigenvalue weighted by Gasteiger charge is -2.13. The maximum Gasteiger partial charge on any atom is 0.356 e. The summed E-state index contributed by atoms with van der Waals surface area (Å²) >= 11 is 0. The molecule has 0 fully saturated rings. The van der Waals surface area contributed by atoms with Crippen molar-refractivity contribution in [3.63, 3.8) is 0 Å². The lowest BCUT2D eigenvalue weighted by atomic mass is 9.97. The Labute approximate surface area is 166 Å². The number of ether oxygens (including phenoxy) is 2. The summed E-state index contributed by atoms with van der Waals surface area (Å²) in [4.78, 5) is 33.1. The van der Waals surface area contributed by atoms with E-state index in [1.165, 1.54) is 14.2 Å². The minimum absolute atomic E-state index is 0.121. The number of methoxy groups -OCH3 is 2. The van der Waals surface area contributed by atoms with Crippen LogP contribution in [0, 0.1) is 0 Å². The van der Waals surface area contributed by atoms with E-state index in [1.54, 1.807) is 24.3 Å². The molecule has 2 aromatic heterocycles. The molecule has 0 radical (unpaired) electrons. The fourth-order valence-electron chi connectivity index (χ4n) is 3.26. The SMILES string of the molecule is COC(=O)c1ccc2ccc3c(-c4ccccc4N)cc(C(=O)OC)nc3c2n1. The smallest absolute Gasteiger partial charge is 0.356 e. The quantitative estimate of drug-likeness (QED) is 0.325. The molecule has 2 heterocycles. The first-order chi connectivity index (χ1) is 14.0. The number of carbonyl (C=O) groups is 2. The van der Waals surface area contributed by atoms with Crippen LogP contribution in [0.4, 0.5) is 5.69 Å². The monoisotopic (exact) mass is 387 g/mol. The van der Waals surface area contributed by atoms with E-state index in [4.69, 9.17) is 15.2 Å². The molecule has 0 saturated carbocycles. The van der Waals surface area contributed by atoms with Crippen LogP contribution in [0.15, 0.2) is 54.6 Å². The Balaban J connectivity index is 2.12. The zero-order chi connectivity index (χ0) is 20.5. The highest BCUT2D eigenvalue weighted by molar-refractivity contribution is 6.11. The number of benzene rings is 2. The first-order valence-corrected chi connectivity index (χ1v) is 8.79. The van der Waals surface area contributed by atoms with E-state index in [-0.39, 0.29) is 11.4 Å². The summed E-state index contributed by atoms with van der Waals surface area (Å²) in [7, 11) is 2.59. The Hall–Kier alpha value is -4.00. The number of aromatic nitrogens is 2. The highest BCUT2D eigenvalue weighted by Crippen LogP contribution is 2.35. The van der Waals surface area contributed by atoms with E-state index in [1.807, 2.05) is 30.3 Å². The molecule has 29 heavy (non-hydrogen) atoms. The van der Waals surface area contributed by atoms with Gasteiger partial charge in [-0.2, -0.15) is 0 Å². The first-order valence-electron chi connectivity index (χ1n) is 8.79. The Bertz CT molecular complexity index is 1280. The van der Waals surface area contributed by atoms with Gasteiger partial charge >= 0.3 is 11.9 Å². The van der Waals surface area contributed by atoms with Crippen molar-refractivity contribution < 1.29 is 19.1 Å².